The standard InChI is InChI=1S/C20H22Cl2N2O3/c1-13(2)27-20(25)11-10-19(14-4-9-17(21)18(22)12-14)24-23-15-5-7-16(26-3)8-6-15/h4-9,12-13,23H,10-11H2,1-3H3/b24-19-. The van der Waals surface area contributed by atoms with E-state index in [1.807, 2.05) is 44.2 Å². The fourth-order valence-electron chi connectivity index (χ4n) is 2.28. The number of benzene rings is 2. The highest BCUT2D eigenvalue weighted by Crippen LogP contribution is 2.24. The van der Waals surface area contributed by atoms with E-state index in [9.17, 15) is 4.79 Å². The Bertz CT molecular complexity index is 805. The van der Waals surface area contributed by atoms with E-state index in [1.165, 1.54) is 0 Å². The molecule has 144 valence electrons. The zero-order valence-electron chi connectivity index (χ0n) is 15.5. The predicted molar refractivity (Wildman–Crippen MR) is 110 cm³/mol. The van der Waals surface area contributed by atoms with Crippen LogP contribution in [0.4, 0.5) is 5.69 Å². The number of carbonyl (C=O) groups excluding carboxylic acids is 1. The number of methoxy groups -OCH3 is 1. The summed E-state index contributed by atoms with van der Waals surface area (Å²) < 4.78 is 10.3. The quantitative estimate of drug-likeness (QED) is 0.353. The molecule has 0 fully saturated rings. The number of hydrazone groups is 1. The van der Waals surface area contributed by atoms with Crippen molar-refractivity contribution in [2.75, 3.05) is 12.5 Å². The number of halogens is 2. The van der Waals surface area contributed by atoms with Crippen LogP contribution in [-0.2, 0) is 9.53 Å². The third-order valence-electron chi connectivity index (χ3n) is 3.60. The molecule has 0 radical (unpaired) electrons. The Kier molecular flexibility index (Phi) is 7.95. The molecular weight excluding hydrogens is 387 g/mol. The van der Waals surface area contributed by atoms with Gasteiger partial charge < -0.3 is 9.47 Å². The van der Waals surface area contributed by atoms with Gasteiger partial charge in [-0.2, -0.15) is 5.10 Å². The molecule has 0 saturated heterocycles. The van der Waals surface area contributed by atoms with Crippen molar-refractivity contribution in [3.63, 3.8) is 0 Å². The molecule has 1 N–H and O–H groups in total. The van der Waals surface area contributed by atoms with Crippen LogP contribution in [-0.4, -0.2) is 24.9 Å². The molecule has 0 saturated carbocycles. The van der Waals surface area contributed by atoms with Crippen LogP contribution in [0.25, 0.3) is 0 Å². The molecule has 0 spiro atoms. The first-order valence-corrected chi connectivity index (χ1v) is 9.26. The van der Waals surface area contributed by atoms with Gasteiger partial charge in [0.1, 0.15) is 5.75 Å². The second-order valence-electron chi connectivity index (χ2n) is 6.07. The van der Waals surface area contributed by atoms with Gasteiger partial charge in [-0.15, -0.1) is 0 Å². The van der Waals surface area contributed by atoms with E-state index in [0.29, 0.717) is 22.2 Å². The summed E-state index contributed by atoms with van der Waals surface area (Å²) in [5.41, 5.74) is 5.24. The number of nitrogens with one attached hydrogen (secondary N) is 1. The second-order valence-corrected chi connectivity index (χ2v) is 6.88. The number of carbonyl (C=O) groups is 1. The Morgan fingerprint density at radius 2 is 1.78 bits per heavy atom. The Balaban J connectivity index is 2.18. The minimum Gasteiger partial charge on any atom is -0.497 e. The first-order chi connectivity index (χ1) is 12.9. The van der Waals surface area contributed by atoms with Gasteiger partial charge in [0.2, 0.25) is 0 Å². The van der Waals surface area contributed by atoms with Crippen LogP contribution in [0.3, 0.4) is 0 Å². The van der Waals surface area contributed by atoms with Crippen LogP contribution in [0.1, 0.15) is 32.3 Å². The van der Waals surface area contributed by atoms with Crippen LogP contribution in [0.2, 0.25) is 10.0 Å². The molecule has 0 amide bonds. The Labute approximate surface area is 169 Å². The first kappa shape index (κ1) is 21.1. The topological polar surface area (TPSA) is 59.9 Å². The van der Waals surface area contributed by atoms with E-state index in [2.05, 4.69) is 10.5 Å². The van der Waals surface area contributed by atoms with Crippen molar-refractivity contribution in [3.8, 4) is 5.75 Å². The van der Waals surface area contributed by atoms with Crippen molar-refractivity contribution in [1.82, 2.24) is 0 Å². The van der Waals surface area contributed by atoms with Gasteiger partial charge in [-0.25, -0.2) is 0 Å². The summed E-state index contributed by atoms with van der Waals surface area (Å²) in [7, 11) is 1.61. The normalized spacial score (nSPS) is 11.4. The maximum atomic E-state index is 11.9. The molecule has 2 aromatic rings. The van der Waals surface area contributed by atoms with E-state index in [4.69, 9.17) is 32.7 Å². The van der Waals surface area contributed by atoms with E-state index in [1.54, 1.807) is 19.2 Å². The molecule has 27 heavy (non-hydrogen) atoms. The SMILES string of the molecule is COc1ccc(N/N=C(/CCC(=O)OC(C)C)c2ccc(Cl)c(Cl)c2)cc1. The van der Waals surface area contributed by atoms with Gasteiger partial charge in [-0.05, 0) is 55.8 Å². The van der Waals surface area contributed by atoms with Crippen LogP contribution in [0.5, 0.6) is 5.75 Å². The molecule has 0 atom stereocenters. The van der Waals surface area contributed by atoms with Crippen LogP contribution in [0.15, 0.2) is 47.6 Å². The number of rotatable bonds is 8. The lowest BCUT2D eigenvalue weighted by Crippen LogP contribution is -2.14. The Hall–Kier alpha value is -2.24. The summed E-state index contributed by atoms with van der Waals surface area (Å²) in [5.74, 6) is 0.480. The smallest absolute Gasteiger partial charge is 0.306 e. The Morgan fingerprint density at radius 1 is 1.07 bits per heavy atom. The largest absolute Gasteiger partial charge is 0.497 e. The lowest BCUT2D eigenvalue weighted by atomic mass is 10.1. The molecule has 2 rings (SSSR count). The van der Waals surface area contributed by atoms with Crippen LogP contribution in [0, 0.1) is 0 Å². The zero-order chi connectivity index (χ0) is 19.8. The number of anilines is 1. The molecule has 0 aliphatic rings. The van der Waals surface area contributed by atoms with Crippen molar-refractivity contribution in [2.24, 2.45) is 5.10 Å². The molecular formula is C20H22Cl2N2O3. The van der Waals surface area contributed by atoms with Gasteiger partial charge in [-0.1, -0.05) is 29.3 Å². The maximum Gasteiger partial charge on any atom is 0.306 e. The average Bonchev–Trinajstić information content (AvgIpc) is 2.64. The molecule has 5 nitrogen and oxygen atoms in total. The minimum atomic E-state index is -0.276. The Morgan fingerprint density at radius 3 is 2.37 bits per heavy atom. The van der Waals surface area contributed by atoms with E-state index >= 15 is 0 Å². The highest BCUT2D eigenvalue weighted by Gasteiger charge is 2.12. The average molecular weight is 409 g/mol. The molecule has 0 aliphatic heterocycles. The van der Waals surface area contributed by atoms with Crippen LogP contribution >= 0.6 is 23.2 Å². The third-order valence-corrected chi connectivity index (χ3v) is 4.33. The summed E-state index contributed by atoms with van der Waals surface area (Å²) in [6.07, 6.45) is 0.453. The van der Waals surface area contributed by atoms with Gasteiger partial charge in [-0.3, -0.25) is 10.2 Å². The molecule has 0 unspecified atom stereocenters. The fraction of sp³-hybridized carbons (Fsp3) is 0.300. The highest BCUT2D eigenvalue weighted by molar-refractivity contribution is 6.42. The number of esters is 1. The molecule has 0 heterocycles. The van der Waals surface area contributed by atoms with Gasteiger partial charge >= 0.3 is 5.97 Å². The van der Waals surface area contributed by atoms with Gasteiger partial charge in [0.25, 0.3) is 0 Å². The first-order valence-electron chi connectivity index (χ1n) is 8.50. The zero-order valence-corrected chi connectivity index (χ0v) is 17.0. The molecule has 2 aromatic carbocycles. The number of hydrogen-bond acceptors (Lipinski definition) is 5. The van der Waals surface area contributed by atoms with Crippen molar-refractivity contribution < 1.29 is 14.3 Å². The number of hydrogen-bond donors (Lipinski definition) is 1. The molecule has 7 heteroatoms. The minimum absolute atomic E-state index is 0.153. The van der Waals surface area contributed by atoms with Crippen molar-refractivity contribution in [1.29, 1.82) is 0 Å². The number of nitrogens with zero attached hydrogens (tertiary/aromatic N) is 1. The monoisotopic (exact) mass is 408 g/mol. The lowest BCUT2D eigenvalue weighted by molar-refractivity contribution is -0.147. The fourth-order valence-corrected chi connectivity index (χ4v) is 2.58. The molecule has 0 aromatic heterocycles. The second kappa shape index (κ2) is 10.2. The summed E-state index contributed by atoms with van der Waals surface area (Å²) >= 11 is 12.1. The molecule has 0 aliphatic carbocycles. The summed E-state index contributed by atoms with van der Waals surface area (Å²) in [5, 5.41) is 5.35. The van der Waals surface area contributed by atoms with E-state index < -0.39 is 0 Å². The van der Waals surface area contributed by atoms with Crippen LogP contribution < -0.4 is 10.2 Å². The van der Waals surface area contributed by atoms with E-state index in [0.717, 1.165) is 17.0 Å². The van der Waals surface area contributed by atoms with Crippen molar-refractivity contribution >= 4 is 40.6 Å². The maximum absolute atomic E-state index is 11.9. The summed E-state index contributed by atoms with van der Waals surface area (Å²) in [6.45, 7) is 3.63. The predicted octanol–water partition coefficient (Wildman–Crippen LogP) is 5.55. The van der Waals surface area contributed by atoms with Crippen molar-refractivity contribution in [2.45, 2.75) is 32.8 Å². The third kappa shape index (κ3) is 6.77. The summed E-state index contributed by atoms with van der Waals surface area (Å²) in [4.78, 5) is 11.9. The van der Waals surface area contributed by atoms with E-state index in [-0.39, 0.29) is 18.5 Å². The van der Waals surface area contributed by atoms with Gasteiger partial charge in [0, 0.05) is 6.42 Å². The molecule has 0 bridgehead atoms. The van der Waals surface area contributed by atoms with Gasteiger partial charge in [0.15, 0.2) is 0 Å². The van der Waals surface area contributed by atoms with Gasteiger partial charge in [0.05, 0.1) is 41.1 Å². The highest BCUT2D eigenvalue weighted by atomic mass is 35.5. The number of ether oxygens (including phenoxy) is 2. The summed E-state index contributed by atoms with van der Waals surface area (Å²) in [6, 6.07) is 12.6. The lowest BCUT2D eigenvalue weighted by Gasteiger charge is -2.11. The van der Waals surface area contributed by atoms with Crippen molar-refractivity contribution in [3.05, 3.63) is 58.1 Å².